The van der Waals surface area contributed by atoms with Crippen LogP contribution >= 0.6 is 0 Å². The van der Waals surface area contributed by atoms with E-state index in [4.69, 9.17) is 33.2 Å². The number of epoxide rings is 1. The van der Waals surface area contributed by atoms with Gasteiger partial charge in [-0.25, -0.2) is 0 Å². The number of fused-ring (bicyclic) bond motifs is 3. The van der Waals surface area contributed by atoms with Crippen LogP contribution in [0.5, 0.6) is 0 Å². The number of likely N-dealkylation sites (N-methyl/N-ethyl adjacent to an activating group) is 1. The first kappa shape index (κ1) is 41.6. The second kappa shape index (κ2) is 16.3. The smallest absolute Gasteiger partial charge is 0.311 e. The van der Waals surface area contributed by atoms with E-state index in [9.17, 15) is 15.0 Å². The number of esters is 1. The van der Waals surface area contributed by atoms with E-state index in [-0.39, 0.29) is 69.4 Å². The molecule has 4 rings (SSSR count). The van der Waals surface area contributed by atoms with Gasteiger partial charge in [0.05, 0.1) is 55.8 Å². The molecule has 47 heavy (non-hydrogen) atoms. The fraction of sp³-hybridized carbons (Fsp3) is 0.943. The Morgan fingerprint density at radius 2 is 1.68 bits per heavy atom. The van der Waals surface area contributed by atoms with Gasteiger partial charge in [-0.3, -0.25) is 4.79 Å². The molecule has 0 aromatic carbocycles. The van der Waals surface area contributed by atoms with Gasteiger partial charge < -0.3 is 54.2 Å². The minimum absolute atomic E-state index is 0. The molecule has 4 aliphatic heterocycles. The molecule has 11 nitrogen and oxygen atoms in total. The Hall–Kier alpha value is 0.214. The SMILES string of the molecule is CC[C@H]1OC(=O)[C@H](C)[C@H]2OCC3(CO3)CO[C@](C)(C[C@@H](C)[C-](C)[C@H](C)[C@@H](O)[C@]1(C)O)[C@H](O[C@@H]1O[C@H](C)C[C@H](N(C)C)[C@H]1OC)[C@H]2C.[Y]. The molecule has 0 aromatic rings. The summed E-state index contributed by atoms with van der Waals surface area (Å²) in [5, 5.41) is 23.2. The van der Waals surface area contributed by atoms with Crippen LogP contribution in [0.4, 0.5) is 0 Å². The van der Waals surface area contributed by atoms with Crippen molar-refractivity contribution in [3.05, 3.63) is 5.92 Å². The molecular formula is C35H62NO10Y-. The summed E-state index contributed by atoms with van der Waals surface area (Å²) in [6.45, 7) is 18.4. The number of hydrogen-bond donors (Lipinski definition) is 2. The molecule has 2 bridgehead atoms. The zero-order valence-electron chi connectivity index (χ0n) is 30.9. The van der Waals surface area contributed by atoms with Crippen LogP contribution in [0.2, 0.25) is 0 Å². The molecule has 2 N–H and O–H groups in total. The number of carbonyl (C=O) groups excluding carboxylic acids is 1. The number of methoxy groups -OCH3 is 1. The Morgan fingerprint density at radius 3 is 2.23 bits per heavy atom. The Labute approximate surface area is 308 Å². The van der Waals surface area contributed by atoms with Gasteiger partial charge in [-0.05, 0) is 61.1 Å². The predicted molar refractivity (Wildman–Crippen MR) is 172 cm³/mol. The van der Waals surface area contributed by atoms with E-state index >= 15 is 0 Å². The van der Waals surface area contributed by atoms with Crippen molar-refractivity contribution in [1.29, 1.82) is 0 Å². The molecular weight excluding hydrogens is 683 g/mol. The van der Waals surface area contributed by atoms with Gasteiger partial charge in [0.15, 0.2) is 6.29 Å². The molecule has 1 spiro atoms. The van der Waals surface area contributed by atoms with Crippen LogP contribution in [-0.4, -0.2) is 128 Å². The van der Waals surface area contributed by atoms with Gasteiger partial charge in [0.25, 0.3) is 0 Å². The molecule has 4 aliphatic rings. The second-order valence-corrected chi connectivity index (χ2v) is 15.5. The fourth-order valence-electron chi connectivity index (χ4n) is 8.07. The molecule has 1 radical (unpaired) electrons. The van der Waals surface area contributed by atoms with Crippen LogP contribution < -0.4 is 0 Å². The first-order valence-corrected chi connectivity index (χ1v) is 17.2. The fourth-order valence-corrected chi connectivity index (χ4v) is 8.07. The molecule has 0 aromatic heterocycles. The first-order valence-electron chi connectivity index (χ1n) is 17.2. The number of rotatable bonds is 5. The van der Waals surface area contributed by atoms with Crippen LogP contribution in [0.3, 0.4) is 0 Å². The first-order chi connectivity index (χ1) is 21.4. The third kappa shape index (κ3) is 8.82. The van der Waals surface area contributed by atoms with Gasteiger partial charge >= 0.3 is 5.97 Å². The molecule has 1 unspecified atom stereocenters. The zero-order valence-corrected chi connectivity index (χ0v) is 33.7. The third-order valence-corrected chi connectivity index (χ3v) is 11.6. The monoisotopic (exact) mass is 745 g/mol. The van der Waals surface area contributed by atoms with Crippen molar-refractivity contribution in [2.45, 2.75) is 147 Å². The van der Waals surface area contributed by atoms with E-state index in [2.05, 4.69) is 18.7 Å². The average Bonchev–Trinajstić information content (AvgIpc) is 3.78. The van der Waals surface area contributed by atoms with Gasteiger partial charge in [0.1, 0.15) is 23.4 Å². The van der Waals surface area contributed by atoms with Crippen LogP contribution in [0.15, 0.2) is 0 Å². The molecule has 4 heterocycles. The normalized spacial score (nSPS) is 49.0. The largest absolute Gasteiger partial charge is 0.459 e. The van der Waals surface area contributed by atoms with Gasteiger partial charge in [-0.15, -0.1) is 5.92 Å². The molecule has 0 aliphatic carbocycles. The summed E-state index contributed by atoms with van der Waals surface area (Å²) >= 11 is 0. The summed E-state index contributed by atoms with van der Waals surface area (Å²) in [5.41, 5.74) is -3.17. The van der Waals surface area contributed by atoms with Crippen LogP contribution in [-0.2, 0) is 70.7 Å². The molecule has 0 amide bonds. The number of nitrogens with zero attached hydrogens (tertiary/aromatic N) is 1. The molecule has 15 atom stereocenters. The number of carbonyl (C=O) groups is 1. The third-order valence-electron chi connectivity index (χ3n) is 11.6. The van der Waals surface area contributed by atoms with Crippen LogP contribution in [0, 0.1) is 29.6 Å². The van der Waals surface area contributed by atoms with E-state index in [0.29, 0.717) is 26.1 Å². The standard InChI is InChI=1S/C35H62NO10.Y/c1-13-26-34(9,39)29(37)22(5)21(4)19(2)15-33(8)30(46-32-28(40-12)25(36(10)11)14-20(3)44-32)23(6)27(24(7)31(38)45-26)41-16-35(17-42-33)18-43-35;/h19-20,22-30,32,37,39H,13-18H2,1-12H3;/q-1;/t19-,20-,22+,23+,24-,25+,26-,27+,28-,29-,30-,32+,33-,34-,35?;/m1./s1. The van der Waals surface area contributed by atoms with Gasteiger partial charge in [-0.1, -0.05) is 27.7 Å². The predicted octanol–water partition coefficient (Wildman–Crippen LogP) is 3.37. The number of aliphatic hydroxyl groups is 2. The van der Waals surface area contributed by atoms with E-state index in [1.54, 1.807) is 21.0 Å². The Kier molecular flexibility index (Phi) is 14.4. The van der Waals surface area contributed by atoms with Gasteiger partial charge in [-0.2, -0.15) is 12.8 Å². The maximum absolute atomic E-state index is 13.9. The molecule has 4 fully saturated rings. The molecule has 0 saturated carbocycles. The average molecular weight is 746 g/mol. The quantitative estimate of drug-likeness (QED) is 0.244. The maximum atomic E-state index is 13.9. The van der Waals surface area contributed by atoms with Crippen molar-refractivity contribution in [3.63, 3.8) is 0 Å². The summed E-state index contributed by atoms with van der Waals surface area (Å²) in [6.07, 6.45) is -2.79. The minimum Gasteiger partial charge on any atom is -0.459 e. The summed E-state index contributed by atoms with van der Waals surface area (Å²) in [5.74, 6) is -1.04. The van der Waals surface area contributed by atoms with Crippen LogP contribution in [0.25, 0.3) is 0 Å². The number of ether oxygens (including phenoxy) is 7. The Bertz CT molecular complexity index is 1030. The second-order valence-electron chi connectivity index (χ2n) is 15.5. The van der Waals surface area contributed by atoms with Crippen molar-refractivity contribution in [1.82, 2.24) is 4.90 Å². The van der Waals surface area contributed by atoms with Crippen molar-refractivity contribution in [2.24, 2.45) is 23.7 Å². The van der Waals surface area contributed by atoms with E-state index in [1.807, 2.05) is 48.7 Å². The topological polar surface area (TPSA) is 129 Å². The number of hydrogen-bond acceptors (Lipinski definition) is 11. The molecule has 12 heteroatoms. The Balaban J connectivity index is 0.00000600. The van der Waals surface area contributed by atoms with E-state index in [0.717, 1.165) is 12.3 Å². The summed E-state index contributed by atoms with van der Waals surface area (Å²) in [4.78, 5) is 16.1. The minimum atomic E-state index is -1.67. The number of cyclic esters (lactones) is 1. The van der Waals surface area contributed by atoms with Crippen molar-refractivity contribution >= 4 is 5.97 Å². The maximum Gasteiger partial charge on any atom is 0.311 e. The molecule has 271 valence electrons. The van der Waals surface area contributed by atoms with Gasteiger partial charge in [0, 0.05) is 51.8 Å². The van der Waals surface area contributed by atoms with Gasteiger partial charge in [0.2, 0.25) is 0 Å². The van der Waals surface area contributed by atoms with E-state index < -0.39 is 65.3 Å². The van der Waals surface area contributed by atoms with E-state index in [1.165, 1.54) is 0 Å². The molecule has 4 saturated heterocycles. The zero-order chi connectivity index (χ0) is 34.4. The Morgan fingerprint density at radius 1 is 1.06 bits per heavy atom. The van der Waals surface area contributed by atoms with Crippen molar-refractivity contribution < 1.29 is 80.9 Å². The van der Waals surface area contributed by atoms with Crippen LogP contribution in [0.1, 0.15) is 81.6 Å². The summed E-state index contributed by atoms with van der Waals surface area (Å²) in [7, 11) is 5.76. The summed E-state index contributed by atoms with van der Waals surface area (Å²) < 4.78 is 45.1. The summed E-state index contributed by atoms with van der Waals surface area (Å²) in [6, 6.07) is 0.0649. The van der Waals surface area contributed by atoms with Crippen molar-refractivity contribution in [3.8, 4) is 0 Å². The number of aliphatic hydroxyl groups excluding tert-OH is 1. The van der Waals surface area contributed by atoms with Crippen molar-refractivity contribution in [2.75, 3.05) is 41.0 Å².